The number of nitrogens with one attached hydrogen (secondary N) is 1. The molecule has 0 bridgehead atoms. The summed E-state index contributed by atoms with van der Waals surface area (Å²) in [4.78, 5) is 55.5. The largest absolute Gasteiger partial charge is 0.342 e. The molecule has 1 aliphatic carbocycles. The van der Waals surface area contributed by atoms with Crippen LogP contribution in [0.3, 0.4) is 0 Å². The molecule has 1 saturated carbocycles. The SMILES string of the molecule is CC.CC1CN(C(=O)CC2CCCCC2)CCN1CC(=O)N1CCN(C=O)CC1.Cc1cc(Cc2n[nH]c(=O)c3ccccc23)ccc1F. The summed E-state index contributed by atoms with van der Waals surface area (Å²) in [6.45, 7) is 12.9. The van der Waals surface area contributed by atoms with Crippen LogP contribution in [-0.2, 0) is 20.8 Å². The maximum absolute atomic E-state index is 13.3. The average Bonchev–Trinajstić information content (AvgIpc) is 3.13. The van der Waals surface area contributed by atoms with Gasteiger partial charge in [0.15, 0.2) is 0 Å². The summed E-state index contributed by atoms with van der Waals surface area (Å²) in [6.07, 6.45) is 8.37. The highest BCUT2D eigenvalue weighted by molar-refractivity contribution is 5.83. The van der Waals surface area contributed by atoms with Crippen LogP contribution in [0.25, 0.3) is 10.8 Å². The highest BCUT2D eigenvalue weighted by atomic mass is 19.1. The number of nitrogens with zero attached hydrogens (tertiary/aromatic N) is 5. The first-order valence-electron chi connectivity index (χ1n) is 17.9. The molecule has 2 aliphatic heterocycles. The smallest absolute Gasteiger partial charge is 0.272 e. The van der Waals surface area contributed by atoms with Gasteiger partial charge < -0.3 is 14.7 Å². The average molecular weight is 677 g/mol. The van der Waals surface area contributed by atoms with Gasteiger partial charge in [-0.1, -0.05) is 63.4 Å². The number of carbonyl (C=O) groups is 3. The summed E-state index contributed by atoms with van der Waals surface area (Å²) in [7, 11) is 0. The zero-order valence-electron chi connectivity index (χ0n) is 29.6. The number of H-pyrrole nitrogens is 1. The maximum atomic E-state index is 13.3. The second kappa shape index (κ2) is 18.6. The van der Waals surface area contributed by atoms with Crippen LogP contribution in [0, 0.1) is 18.7 Å². The third-order valence-electron chi connectivity index (χ3n) is 9.83. The molecule has 3 heterocycles. The summed E-state index contributed by atoms with van der Waals surface area (Å²) < 4.78 is 13.3. The number of aromatic nitrogens is 2. The summed E-state index contributed by atoms with van der Waals surface area (Å²) in [5, 5.41) is 8.09. The van der Waals surface area contributed by atoms with E-state index in [2.05, 4.69) is 22.0 Å². The molecule has 3 fully saturated rings. The monoisotopic (exact) mass is 676 g/mol. The molecule has 1 N–H and O–H groups in total. The van der Waals surface area contributed by atoms with Crippen molar-refractivity contribution in [3.63, 3.8) is 0 Å². The molecule has 266 valence electrons. The van der Waals surface area contributed by atoms with E-state index < -0.39 is 0 Å². The van der Waals surface area contributed by atoms with Crippen molar-refractivity contribution in [2.45, 2.75) is 78.7 Å². The van der Waals surface area contributed by atoms with Crippen LogP contribution in [0.1, 0.15) is 76.1 Å². The topological polar surface area (TPSA) is 110 Å². The number of carbonyl (C=O) groups excluding carboxylic acids is 3. The Labute approximate surface area is 289 Å². The predicted octanol–water partition coefficient (Wildman–Crippen LogP) is 4.78. The lowest BCUT2D eigenvalue weighted by molar-refractivity contribution is -0.139. The van der Waals surface area contributed by atoms with Gasteiger partial charge in [0.05, 0.1) is 17.6 Å². The Kier molecular flexibility index (Phi) is 14.3. The zero-order valence-corrected chi connectivity index (χ0v) is 29.6. The van der Waals surface area contributed by atoms with Gasteiger partial charge in [-0.2, -0.15) is 5.10 Å². The van der Waals surface area contributed by atoms with Gasteiger partial charge in [-0.25, -0.2) is 9.49 Å². The lowest BCUT2D eigenvalue weighted by Crippen LogP contribution is -2.57. The molecule has 3 aliphatic rings. The Bertz CT molecular complexity index is 1600. The molecule has 2 aromatic carbocycles. The van der Waals surface area contributed by atoms with Gasteiger partial charge >= 0.3 is 0 Å². The molecule has 6 rings (SSSR count). The quantitative estimate of drug-likeness (QED) is 0.361. The van der Waals surface area contributed by atoms with E-state index in [1.54, 1.807) is 30.0 Å². The third kappa shape index (κ3) is 10.4. The van der Waals surface area contributed by atoms with E-state index in [9.17, 15) is 23.6 Å². The number of aromatic amines is 1. The van der Waals surface area contributed by atoms with E-state index in [4.69, 9.17) is 0 Å². The van der Waals surface area contributed by atoms with Crippen molar-refractivity contribution in [1.29, 1.82) is 0 Å². The van der Waals surface area contributed by atoms with Crippen molar-refractivity contribution < 1.29 is 18.8 Å². The van der Waals surface area contributed by atoms with Crippen molar-refractivity contribution in [3.05, 3.63) is 75.5 Å². The van der Waals surface area contributed by atoms with Crippen LogP contribution in [0.2, 0.25) is 0 Å². The van der Waals surface area contributed by atoms with Crippen molar-refractivity contribution >= 4 is 29.0 Å². The van der Waals surface area contributed by atoms with E-state index >= 15 is 0 Å². The summed E-state index contributed by atoms with van der Waals surface area (Å²) in [6, 6.07) is 12.6. The van der Waals surface area contributed by atoms with Gasteiger partial charge in [0.25, 0.3) is 5.56 Å². The summed E-state index contributed by atoms with van der Waals surface area (Å²) >= 11 is 0. The van der Waals surface area contributed by atoms with Gasteiger partial charge in [0.1, 0.15) is 5.82 Å². The molecule has 1 unspecified atom stereocenters. The number of rotatable bonds is 7. The van der Waals surface area contributed by atoms with Gasteiger partial charge in [-0.05, 0) is 55.9 Å². The van der Waals surface area contributed by atoms with Crippen LogP contribution in [0.4, 0.5) is 4.39 Å². The van der Waals surface area contributed by atoms with Crippen LogP contribution in [0.5, 0.6) is 0 Å². The van der Waals surface area contributed by atoms with Crippen LogP contribution in [-0.4, -0.2) is 106 Å². The Morgan fingerprint density at radius 2 is 1.59 bits per heavy atom. The Balaban J connectivity index is 0.000000218. The molecular formula is C38H53FN6O4. The van der Waals surface area contributed by atoms with Gasteiger partial charge in [-0.15, -0.1) is 0 Å². The number of piperazine rings is 2. The van der Waals surface area contributed by atoms with Gasteiger partial charge in [0, 0.05) is 70.1 Å². The molecule has 3 aromatic rings. The highest BCUT2D eigenvalue weighted by Gasteiger charge is 2.31. The molecule has 1 aromatic heterocycles. The second-order valence-electron chi connectivity index (χ2n) is 13.2. The van der Waals surface area contributed by atoms with E-state index in [1.807, 2.05) is 41.8 Å². The van der Waals surface area contributed by atoms with E-state index in [-0.39, 0.29) is 23.3 Å². The lowest BCUT2D eigenvalue weighted by atomic mass is 9.86. The van der Waals surface area contributed by atoms with Crippen LogP contribution >= 0.6 is 0 Å². The molecule has 0 radical (unpaired) electrons. The van der Waals surface area contributed by atoms with Crippen molar-refractivity contribution in [1.82, 2.24) is 29.8 Å². The minimum absolute atomic E-state index is 0.134. The number of hydrogen-bond donors (Lipinski definition) is 1. The van der Waals surface area contributed by atoms with Crippen LogP contribution in [0.15, 0.2) is 47.3 Å². The zero-order chi connectivity index (χ0) is 35.3. The number of fused-ring (bicyclic) bond motifs is 1. The van der Waals surface area contributed by atoms with E-state index in [1.165, 1.54) is 38.2 Å². The number of amides is 3. The standard InChI is InChI=1S/C20H34N4O3.C16H13FN2O.C2H6/c1-17-14-24(19(26)13-18-5-3-2-4-6-18)12-11-23(17)15-20(27)22-9-7-21(16-25)8-10-22;1-10-8-11(6-7-14(10)17)9-15-12-4-2-3-5-13(12)16(20)19-18-15;1-2/h16-18H,2-15H2,1H3;2-8H,9H2,1H3,(H,19,20);1-2H3. The first-order chi connectivity index (χ1) is 23.7. The van der Waals surface area contributed by atoms with Gasteiger partial charge in [0.2, 0.25) is 18.2 Å². The fourth-order valence-electron chi connectivity index (χ4n) is 6.89. The fourth-order valence-corrected chi connectivity index (χ4v) is 6.89. The molecule has 10 nitrogen and oxygen atoms in total. The number of aryl methyl sites for hydroxylation is 1. The highest BCUT2D eigenvalue weighted by Crippen LogP contribution is 2.27. The minimum Gasteiger partial charge on any atom is -0.342 e. The van der Waals surface area contributed by atoms with E-state index in [0.717, 1.165) is 42.7 Å². The minimum atomic E-state index is -0.215. The molecule has 1 atom stereocenters. The fraction of sp³-hybridized carbons (Fsp3) is 0.553. The molecule has 2 saturated heterocycles. The van der Waals surface area contributed by atoms with E-state index in [0.29, 0.717) is 68.3 Å². The lowest BCUT2D eigenvalue weighted by Gasteiger charge is -2.41. The summed E-state index contributed by atoms with van der Waals surface area (Å²) in [5.74, 6) is 0.790. The predicted molar refractivity (Wildman–Crippen MR) is 191 cm³/mol. The van der Waals surface area contributed by atoms with Crippen molar-refractivity contribution in [3.8, 4) is 0 Å². The Morgan fingerprint density at radius 1 is 0.918 bits per heavy atom. The summed E-state index contributed by atoms with van der Waals surface area (Å²) in [5.41, 5.74) is 2.16. The number of hydrogen-bond acceptors (Lipinski definition) is 6. The Hall–Kier alpha value is -4.12. The van der Waals surface area contributed by atoms with Crippen LogP contribution < -0.4 is 5.56 Å². The molecular weight excluding hydrogens is 623 g/mol. The van der Waals surface area contributed by atoms with Crippen molar-refractivity contribution in [2.75, 3.05) is 52.4 Å². The molecule has 11 heteroatoms. The normalized spacial score (nSPS) is 18.6. The first-order valence-corrected chi connectivity index (χ1v) is 17.9. The second-order valence-corrected chi connectivity index (χ2v) is 13.2. The van der Waals surface area contributed by atoms with Crippen molar-refractivity contribution in [2.24, 2.45) is 5.92 Å². The first kappa shape index (κ1) is 37.7. The number of benzene rings is 2. The third-order valence-corrected chi connectivity index (χ3v) is 9.83. The maximum Gasteiger partial charge on any atom is 0.272 e. The molecule has 0 spiro atoms. The number of halogens is 1. The molecule has 3 amide bonds. The Morgan fingerprint density at radius 3 is 2.24 bits per heavy atom. The molecule has 49 heavy (non-hydrogen) atoms. The van der Waals surface area contributed by atoms with Gasteiger partial charge in [-0.3, -0.25) is 24.1 Å².